The second kappa shape index (κ2) is 10.7. The minimum absolute atomic E-state index is 0.202. The number of halogens is 2. The van der Waals surface area contributed by atoms with Gasteiger partial charge in [-0.2, -0.15) is 0 Å². The average Bonchev–Trinajstić information content (AvgIpc) is 3.72. The van der Waals surface area contributed by atoms with Gasteiger partial charge in [-0.1, -0.05) is 35.9 Å². The number of rotatable bonds is 8. The van der Waals surface area contributed by atoms with Crippen LogP contribution >= 0.6 is 11.6 Å². The van der Waals surface area contributed by atoms with Crippen LogP contribution in [0.25, 0.3) is 11.0 Å². The number of pyridine rings is 1. The summed E-state index contributed by atoms with van der Waals surface area (Å²) in [6.45, 7) is 4.02. The third-order valence-corrected chi connectivity index (χ3v) is 9.10. The van der Waals surface area contributed by atoms with Gasteiger partial charge in [-0.25, -0.2) is 9.78 Å². The van der Waals surface area contributed by atoms with Crippen molar-refractivity contribution in [1.29, 1.82) is 0 Å². The number of carboxylic acid groups (broad SMARTS) is 1. The molecule has 2 aliphatic heterocycles. The normalized spacial score (nSPS) is 23.0. The van der Waals surface area contributed by atoms with Gasteiger partial charge in [0, 0.05) is 43.7 Å². The van der Waals surface area contributed by atoms with Crippen LogP contribution in [-0.4, -0.2) is 50.3 Å². The molecule has 1 unspecified atom stereocenters. The number of alkyl halides is 1. The first kappa shape index (κ1) is 28.0. The molecule has 7 rings (SSSR count). The maximum Gasteiger partial charge on any atom is 0.335 e. The SMILES string of the molecule is C[C@@]1(c2ccc(Cl)cn2)Oc2ccccc2C(C2=CCN(Cc3nc4ccc(C(=O)O)cc4n3CC3(CF)CC3)CC2)O1. The van der Waals surface area contributed by atoms with Gasteiger partial charge in [0.1, 0.15) is 23.4 Å². The van der Waals surface area contributed by atoms with Gasteiger partial charge in [0.05, 0.1) is 34.8 Å². The molecule has 4 heterocycles. The highest BCUT2D eigenvalue weighted by molar-refractivity contribution is 6.30. The summed E-state index contributed by atoms with van der Waals surface area (Å²) in [6, 6.07) is 16.5. The van der Waals surface area contributed by atoms with E-state index < -0.39 is 18.4 Å². The summed E-state index contributed by atoms with van der Waals surface area (Å²) in [6.07, 6.45) is 5.94. The Kier molecular flexibility index (Phi) is 6.99. The number of ether oxygens (including phenoxy) is 2. The quantitative estimate of drug-likeness (QED) is 0.225. The molecule has 1 aliphatic carbocycles. The molecular weight excluding hydrogens is 571 g/mol. The third kappa shape index (κ3) is 5.30. The standard InChI is InChI=1S/C33H32ClFN4O4/c1-32(28-9-7-23(34)17-36-28)42-27-5-3-2-4-24(27)30(43-32)21-10-14-38(15-11-21)18-29-37-25-8-6-22(31(40)41)16-26(25)39(29)20-33(19-35)12-13-33/h2-10,16-17,30H,11-15,18-20H2,1H3,(H,40,41)/t30?,32-/m1/s1. The first-order valence-electron chi connectivity index (χ1n) is 14.5. The van der Waals surface area contributed by atoms with Crippen molar-refractivity contribution in [2.75, 3.05) is 19.8 Å². The highest BCUT2D eigenvalue weighted by Crippen LogP contribution is 2.49. The summed E-state index contributed by atoms with van der Waals surface area (Å²) in [5.74, 6) is -0.492. The van der Waals surface area contributed by atoms with Gasteiger partial charge in [0.2, 0.25) is 0 Å². The number of nitrogens with zero attached hydrogens (tertiary/aromatic N) is 4. The van der Waals surface area contributed by atoms with Crippen LogP contribution in [-0.2, 0) is 23.6 Å². The topological polar surface area (TPSA) is 89.7 Å². The molecule has 222 valence electrons. The van der Waals surface area contributed by atoms with E-state index in [0.717, 1.165) is 54.0 Å². The zero-order valence-corrected chi connectivity index (χ0v) is 24.6. The van der Waals surface area contributed by atoms with Crippen LogP contribution < -0.4 is 4.74 Å². The van der Waals surface area contributed by atoms with Crippen molar-refractivity contribution < 1.29 is 23.8 Å². The van der Waals surface area contributed by atoms with Gasteiger partial charge in [0.15, 0.2) is 0 Å². The molecule has 8 nitrogen and oxygen atoms in total. The van der Waals surface area contributed by atoms with Gasteiger partial charge in [0.25, 0.3) is 5.79 Å². The number of benzene rings is 2. The van der Waals surface area contributed by atoms with Crippen molar-refractivity contribution in [3.63, 3.8) is 0 Å². The first-order chi connectivity index (χ1) is 20.8. The second-order valence-corrected chi connectivity index (χ2v) is 12.4. The van der Waals surface area contributed by atoms with Gasteiger partial charge in [-0.15, -0.1) is 0 Å². The molecule has 0 bridgehead atoms. The fourth-order valence-corrected chi connectivity index (χ4v) is 6.21. The molecule has 0 radical (unpaired) electrons. The largest absolute Gasteiger partial charge is 0.478 e. The smallest absolute Gasteiger partial charge is 0.335 e. The molecule has 0 amide bonds. The Morgan fingerprint density at radius 3 is 2.72 bits per heavy atom. The number of hydrogen-bond acceptors (Lipinski definition) is 6. The number of para-hydroxylation sites is 1. The van der Waals surface area contributed by atoms with Crippen LogP contribution in [0.15, 0.2) is 72.4 Å². The van der Waals surface area contributed by atoms with Crippen molar-refractivity contribution >= 4 is 28.6 Å². The molecule has 2 atom stereocenters. The minimum Gasteiger partial charge on any atom is -0.478 e. The summed E-state index contributed by atoms with van der Waals surface area (Å²) in [4.78, 5) is 23.3. The van der Waals surface area contributed by atoms with Crippen LogP contribution in [0.2, 0.25) is 5.02 Å². The average molecular weight is 603 g/mol. The number of aromatic carboxylic acids is 1. The molecule has 2 aromatic heterocycles. The zero-order valence-electron chi connectivity index (χ0n) is 23.8. The number of hydrogen-bond donors (Lipinski definition) is 1. The summed E-state index contributed by atoms with van der Waals surface area (Å²) >= 11 is 6.09. The van der Waals surface area contributed by atoms with Gasteiger partial charge < -0.3 is 19.1 Å². The van der Waals surface area contributed by atoms with Crippen molar-refractivity contribution in [3.05, 3.63) is 100 Å². The van der Waals surface area contributed by atoms with E-state index in [1.807, 2.05) is 41.8 Å². The van der Waals surface area contributed by atoms with Crippen LogP contribution in [0.4, 0.5) is 4.39 Å². The van der Waals surface area contributed by atoms with Crippen molar-refractivity contribution in [2.45, 2.75) is 51.2 Å². The molecule has 1 N–H and O–H groups in total. The van der Waals surface area contributed by atoms with Gasteiger partial charge in [-0.05, 0) is 61.2 Å². The number of carbonyl (C=O) groups is 1. The number of carboxylic acids is 1. The Balaban J connectivity index is 1.15. The molecule has 0 spiro atoms. The fraction of sp³-hybridized carbons (Fsp3) is 0.364. The highest BCUT2D eigenvalue weighted by Gasteiger charge is 2.44. The van der Waals surface area contributed by atoms with Crippen molar-refractivity contribution in [1.82, 2.24) is 19.4 Å². The first-order valence-corrected chi connectivity index (χ1v) is 14.9. The molecule has 1 saturated carbocycles. The molecular formula is C33H32ClFN4O4. The van der Waals surface area contributed by atoms with E-state index >= 15 is 0 Å². The Labute approximate surface area is 253 Å². The lowest BCUT2D eigenvalue weighted by Crippen LogP contribution is -2.40. The van der Waals surface area contributed by atoms with E-state index in [2.05, 4.69) is 16.0 Å². The van der Waals surface area contributed by atoms with Crippen LogP contribution in [0.5, 0.6) is 5.75 Å². The van der Waals surface area contributed by atoms with E-state index in [-0.39, 0.29) is 17.1 Å². The third-order valence-electron chi connectivity index (χ3n) is 8.88. The van der Waals surface area contributed by atoms with E-state index in [1.54, 1.807) is 30.5 Å². The van der Waals surface area contributed by atoms with E-state index in [0.29, 0.717) is 30.4 Å². The summed E-state index contributed by atoms with van der Waals surface area (Å²) in [7, 11) is 0. The minimum atomic E-state index is -1.09. The number of aromatic nitrogens is 3. The summed E-state index contributed by atoms with van der Waals surface area (Å²) in [5.41, 5.74) is 4.08. The van der Waals surface area contributed by atoms with Crippen molar-refractivity contribution in [3.8, 4) is 5.75 Å². The number of imidazole rings is 1. The monoisotopic (exact) mass is 602 g/mol. The summed E-state index contributed by atoms with van der Waals surface area (Å²) < 4.78 is 29.0. The Hall–Kier alpha value is -3.79. The van der Waals surface area contributed by atoms with Gasteiger partial charge in [-0.3, -0.25) is 14.3 Å². The molecule has 43 heavy (non-hydrogen) atoms. The van der Waals surface area contributed by atoms with Crippen molar-refractivity contribution in [2.24, 2.45) is 5.41 Å². The van der Waals surface area contributed by atoms with Crippen LogP contribution in [0, 0.1) is 5.41 Å². The van der Waals surface area contributed by atoms with Crippen LogP contribution in [0.1, 0.15) is 59.7 Å². The van der Waals surface area contributed by atoms with E-state index in [4.69, 9.17) is 26.1 Å². The van der Waals surface area contributed by atoms with E-state index in [9.17, 15) is 14.3 Å². The Morgan fingerprint density at radius 2 is 2.02 bits per heavy atom. The fourth-order valence-electron chi connectivity index (χ4n) is 6.10. The lowest BCUT2D eigenvalue weighted by molar-refractivity contribution is -0.221. The maximum atomic E-state index is 14.0. The second-order valence-electron chi connectivity index (χ2n) is 12.0. The lowest BCUT2D eigenvalue weighted by atomic mass is 9.93. The molecule has 1 fully saturated rings. The van der Waals surface area contributed by atoms with Crippen LogP contribution in [0.3, 0.4) is 0 Å². The molecule has 0 saturated heterocycles. The predicted octanol–water partition coefficient (Wildman–Crippen LogP) is 6.69. The highest BCUT2D eigenvalue weighted by atomic mass is 35.5. The van der Waals surface area contributed by atoms with E-state index in [1.165, 1.54) is 5.57 Å². The summed E-state index contributed by atoms with van der Waals surface area (Å²) in [5, 5.41) is 10.1. The molecule has 10 heteroatoms. The lowest BCUT2D eigenvalue weighted by Gasteiger charge is -2.41. The van der Waals surface area contributed by atoms with Gasteiger partial charge >= 0.3 is 5.97 Å². The predicted molar refractivity (Wildman–Crippen MR) is 160 cm³/mol. The number of fused-ring (bicyclic) bond motifs is 2. The molecule has 4 aromatic rings. The Morgan fingerprint density at radius 1 is 1.19 bits per heavy atom. The molecule has 2 aromatic carbocycles. The maximum absolute atomic E-state index is 14.0. The zero-order chi connectivity index (χ0) is 29.8. The molecule has 3 aliphatic rings. The Bertz CT molecular complexity index is 1730.